The van der Waals surface area contributed by atoms with Gasteiger partial charge in [-0.2, -0.15) is 4.37 Å². The lowest BCUT2D eigenvalue weighted by Gasteiger charge is -2.09. The summed E-state index contributed by atoms with van der Waals surface area (Å²) in [5.41, 5.74) is 1.13. The second-order valence-electron chi connectivity index (χ2n) is 5.21. The molecule has 1 heterocycles. The molecule has 1 N–H and O–H groups in total. The van der Waals surface area contributed by atoms with E-state index in [1.165, 1.54) is 11.5 Å². The van der Waals surface area contributed by atoms with Crippen molar-refractivity contribution in [2.45, 2.75) is 43.0 Å². The minimum atomic E-state index is 0.642. The number of hydrogen-bond donors (Lipinski definition) is 1. The van der Waals surface area contributed by atoms with Gasteiger partial charge in [0.15, 0.2) is 4.34 Å². The Hall–Kier alpha value is -0.620. The van der Waals surface area contributed by atoms with Gasteiger partial charge in [0, 0.05) is 22.9 Å². The zero-order valence-electron chi connectivity index (χ0n) is 12.5. The summed E-state index contributed by atoms with van der Waals surface area (Å²) in [5, 5.41) is 4.21. The number of hydrogen-bond acceptors (Lipinski definition) is 5. The third-order valence-electron chi connectivity index (χ3n) is 2.86. The molecule has 0 saturated heterocycles. The van der Waals surface area contributed by atoms with Crippen LogP contribution < -0.4 is 5.32 Å². The highest BCUT2D eigenvalue weighted by molar-refractivity contribution is 8.01. The van der Waals surface area contributed by atoms with Crippen molar-refractivity contribution in [3.8, 4) is 0 Å². The van der Waals surface area contributed by atoms with Gasteiger partial charge in [-0.1, -0.05) is 50.2 Å². The monoisotopic (exact) mass is 341 g/mol. The van der Waals surface area contributed by atoms with Gasteiger partial charge in [-0.05, 0) is 41.7 Å². The number of benzene rings is 1. The molecule has 0 amide bonds. The lowest BCUT2D eigenvalue weighted by molar-refractivity contribution is 0.552. The molecule has 0 unspecified atom stereocenters. The first kappa shape index (κ1) is 16.7. The van der Waals surface area contributed by atoms with E-state index in [1.807, 2.05) is 6.07 Å². The van der Waals surface area contributed by atoms with E-state index in [2.05, 4.69) is 47.6 Å². The summed E-state index contributed by atoms with van der Waals surface area (Å²) in [5.74, 6) is 1.55. The highest BCUT2D eigenvalue weighted by Crippen LogP contribution is 2.31. The molecule has 1 aromatic carbocycles. The average Bonchev–Trinajstić information content (AvgIpc) is 2.88. The van der Waals surface area contributed by atoms with Crippen molar-refractivity contribution in [2.75, 3.05) is 6.54 Å². The van der Waals surface area contributed by atoms with Gasteiger partial charge < -0.3 is 5.32 Å². The molecule has 114 valence electrons. The van der Waals surface area contributed by atoms with Gasteiger partial charge >= 0.3 is 0 Å². The summed E-state index contributed by atoms with van der Waals surface area (Å²) in [6.45, 7) is 8.26. The van der Waals surface area contributed by atoms with Crippen molar-refractivity contribution >= 4 is 34.9 Å². The van der Waals surface area contributed by atoms with Crippen molar-refractivity contribution in [1.29, 1.82) is 0 Å². The summed E-state index contributed by atoms with van der Waals surface area (Å²) >= 11 is 9.42. The molecule has 21 heavy (non-hydrogen) atoms. The standard InChI is InChI=1S/C15H20ClN3S2/c1-4-14-18-15(21-19-14)20-12-6-5-11(13(16)7-12)9-17-8-10(2)3/h5-7,10,17H,4,8-9H2,1-3H3. The Balaban J connectivity index is 1.97. The summed E-state index contributed by atoms with van der Waals surface area (Å²) in [4.78, 5) is 5.56. The third-order valence-corrected chi connectivity index (χ3v) is 4.99. The van der Waals surface area contributed by atoms with E-state index in [0.717, 1.165) is 45.2 Å². The highest BCUT2D eigenvalue weighted by atomic mass is 35.5. The van der Waals surface area contributed by atoms with Crippen molar-refractivity contribution in [2.24, 2.45) is 5.92 Å². The SMILES string of the molecule is CCc1nsc(Sc2ccc(CNCC(C)C)c(Cl)c2)n1. The van der Waals surface area contributed by atoms with Crippen molar-refractivity contribution in [1.82, 2.24) is 14.7 Å². The average molecular weight is 342 g/mol. The van der Waals surface area contributed by atoms with Gasteiger partial charge in [0.1, 0.15) is 5.82 Å². The molecule has 2 aromatic rings. The fraction of sp³-hybridized carbons (Fsp3) is 0.467. The van der Waals surface area contributed by atoms with E-state index in [0.29, 0.717) is 5.92 Å². The number of aryl methyl sites for hydroxylation is 1. The largest absolute Gasteiger partial charge is 0.312 e. The van der Waals surface area contributed by atoms with Crippen LogP contribution in [0.3, 0.4) is 0 Å². The topological polar surface area (TPSA) is 37.8 Å². The predicted molar refractivity (Wildman–Crippen MR) is 91.4 cm³/mol. The van der Waals surface area contributed by atoms with Gasteiger partial charge in [0.05, 0.1) is 0 Å². The lowest BCUT2D eigenvalue weighted by Crippen LogP contribution is -2.19. The molecule has 0 bridgehead atoms. The molecule has 0 aliphatic heterocycles. The quantitative estimate of drug-likeness (QED) is 0.795. The van der Waals surface area contributed by atoms with Crippen LogP contribution in [0.15, 0.2) is 27.4 Å². The minimum absolute atomic E-state index is 0.642. The molecule has 3 nitrogen and oxygen atoms in total. The van der Waals surface area contributed by atoms with Gasteiger partial charge in [0.2, 0.25) is 0 Å². The summed E-state index contributed by atoms with van der Waals surface area (Å²) < 4.78 is 5.26. The first-order valence-electron chi connectivity index (χ1n) is 7.08. The molecule has 0 spiro atoms. The Morgan fingerprint density at radius 3 is 2.81 bits per heavy atom. The van der Waals surface area contributed by atoms with Crippen molar-refractivity contribution in [3.63, 3.8) is 0 Å². The van der Waals surface area contributed by atoms with Crippen LogP contribution in [0.4, 0.5) is 0 Å². The van der Waals surface area contributed by atoms with Crippen LogP contribution in [0.5, 0.6) is 0 Å². The Bertz CT molecular complexity index is 584. The van der Waals surface area contributed by atoms with Crippen LogP contribution in [0.1, 0.15) is 32.2 Å². The molecule has 0 saturated carbocycles. The summed E-state index contributed by atoms with van der Waals surface area (Å²) in [7, 11) is 0. The fourth-order valence-electron chi connectivity index (χ4n) is 1.75. The van der Waals surface area contributed by atoms with E-state index < -0.39 is 0 Å². The third kappa shape index (κ3) is 5.25. The predicted octanol–water partition coefficient (Wildman–Crippen LogP) is 4.65. The molecule has 0 fully saturated rings. The zero-order chi connectivity index (χ0) is 15.2. The molecule has 1 aromatic heterocycles. The Labute approximate surface area is 139 Å². The van der Waals surface area contributed by atoms with Crippen LogP contribution in [0, 0.1) is 5.92 Å². The molecule has 0 radical (unpaired) electrons. The van der Waals surface area contributed by atoms with Crippen molar-refractivity contribution in [3.05, 3.63) is 34.6 Å². The maximum atomic E-state index is 6.36. The molecule has 0 aliphatic rings. The Kier molecular flexibility index (Phi) is 6.48. The van der Waals surface area contributed by atoms with E-state index in [1.54, 1.807) is 11.8 Å². The summed E-state index contributed by atoms with van der Waals surface area (Å²) in [6.07, 6.45) is 0.873. The van der Waals surface area contributed by atoms with E-state index >= 15 is 0 Å². The maximum absolute atomic E-state index is 6.36. The normalized spacial score (nSPS) is 11.3. The number of nitrogens with one attached hydrogen (secondary N) is 1. The van der Waals surface area contributed by atoms with Crippen molar-refractivity contribution < 1.29 is 0 Å². The number of aromatic nitrogens is 2. The minimum Gasteiger partial charge on any atom is -0.312 e. The maximum Gasteiger partial charge on any atom is 0.174 e. The lowest BCUT2D eigenvalue weighted by atomic mass is 10.2. The van der Waals surface area contributed by atoms with Crippen LogP contribution in [-0.4, -0.2) is 15.9 Å². The highest BCUT2D eigenvalue weighted by Gasteiger charge is 2.07. The second kappa shape index (κ2) is 8.13. The van der Waals surface area contributed by atoms with Gasteiger partial charge in [-0.15, -0.1) is 0 Å². The number of halogens is 1. The first-order chi connectivity index (χ1) is 10.1. The van der Waals surface area contributed by atoms with Gasteiger partial charge in [-0.25, -0.2) is 4.98 Å². The zero-order valence-corrected chi connectivity index (χ0v) is 14.9. The van der Waals surface area contributed by atoms with Gasteiger partial charge in [0.25, 0.3) is 0 Å². The van der Waals surface area contributed by atoms with E-state index in [-0.39, 0.29) is 0 Å². The van der Waals surface area contributed by atoms with Crippen LogP contribution in [0.2, 0.25) is 5.02 Å². The molecular weight excluding hydrogens is 322 g/mol. The molecular formula is C15H20ClN3S2. The van der Waals surface area contributed by atoms with Crippen LogP contribution >= 0.6 is 34.9 Å². The van der Waals surface area contributed by atoms with Crippen LogP contribution in [-0.2, 0) is 13.0 Å². The second-order valence-corrected chi connectivity index (χ2v) is 7.69. The Morgan fingerprint density at radius 1 is 1.38 bits per heavy atom. The molecule has 6 heteroatoms. The van der Waals surface area contributed by atoms with Crippen LogP contribution in [0.25, 0.3) is 0 Å². The molecule has 0 atom stereocenters. The van der Waals surface area contributed by atoms with Gasteiger partial charge in [-0.3, -0.25) is 0 Å². The smallest absolute Gasteiger partial charge is 0.174 e. The van der Waals surface area contributed by atoms with E-state index in [4.69, 9.17) is 11.6 Å². The summed E-state index contributed by atoms with van der Waals surface area (Å²) in [6, 6.07) is 6.18. The molecule has 2 rings (SSSR count). The Morgan fingerprint density at radius 2 is 2.19 bits per heavy atom. The molecule has 0 aliphatic carbocycles. The first-order valence-corrected chi connectivity index (χ1v) is 9.04. The number of rotatable bonds is 7. The number of nitrogens with zero attached hydrogens (tertiary/aromatic N) is 2. The fourth-order valence-corrected chi connectivity index (χ4v) is 3.78. The van der Waals surface area contributed by atoms with E-state index in [9.17, 15) is 0 Å².